The molecule has 0 unspecified atom stereocenters. The number of fused-ring (bicyclic) bond motifs is 1. The number of ether oxygens (including phenoxy) is 1. The van der Waals surface area contributed by atoms with Crippen LogP contribution in [0.3, 0.4) is 0 Å². The average molecular weight is 451 g/mol. The van der Waals surface area contributed by atoms with Gasteiger partial charge in [0.05, 0.1) is 12.6 Å². The number of hydrogen-bond donors (Lipinski definition) is 0. The number of piperazine rings is 1. The minimum absolute atomic E-state index is 0.00955. The van der Waals surface area contributed by atoms with Gasteiger partial charge in [0.25, 0.3) is 5.82 Å². The lowest BCUT2D eigenvalue weighted by atomic mass is 10.0. The summed E-state index contributed by atoms with van der Waals surface area (Å²) in [5.74, 6) is 0.975. The summed E-state index contributed by atoms with van der Waals surface area (Å²) in [6.45, 7) is 13.3. The number of hydrogen-bond acceptors (Lipinski definition) is 6. The van der Waals surface area contributed by atoms with Gasteiger partial charge in [-0.15, -0.1) is 4.98 Å². The molecule has 0 radical (unpaired) electrons. The first kappa shape index (κ1) is 22.7. The van der Waals surface area contributed by atoms with Gasteiger partial charge in [-0.3, -0.25) is 9.47 Å². The number of pyridine rings is 1. The third-order valence-electron chi connectivity index (χ3n) is 6.37. The molecule has 2 atom stereocenters. The van der Waals surface area contributed by atoms with Crippen molar-refractivity contribution < 1.29 is 9.13 Å². The summed E-state index contributed by atoms with van der Waals surface area (Å²) in [7, 11) is 3.17. The highest BCUT2D eigenvalue weighted by molar-refractivity contribution is 5.87. The number of anilines is 1. The molecule has 33 heavy (non-hydrogen) atoms. The van der Waals surface area contributed by atoms with E-state index in [0.717, 1.165) is 6.42 Å². The van der Waals surface area contributed by atoms with E-state index in [-0.39, 0.29) is 29.4 Å². The predicted molar refractivity (Wildman–Crippen MR) is 125 cm³/mol. The molecule has 3 aromatic rings. The van der Waals surface area contributed by atoms with E-state index in [1.165, 1.54) is 17.7 Å². The van der Waals surface area contributed by atoms with E-state index < -0.39 is 0 Å². The van der Waals surface area contributed by atoms with Crippen molar-refractivity contribution in [1.82, 2.24) is 19.4 Å². The van der Waals surface area contributed by atoms with Crippen LogP contribution in [-0.4, -0.2) is 51.7 Å². The van der Waals surface area contributed by atoms with Crippen LogP contribution < -0.4 is 15.3 Å². The van der Waals surface area contributed by atoms with Crippen LogP contribution in [0.4, 0.5) is 16.0 Å². The van der Waals surface area contributed by atoms with Crippen LogP contribution in [0.15, 0.2) is 35.1 Å². The van der Waals surface area contributed by atoms with Crippen molar-refractivity contribution in [3.05, 3.63) is 63.6 Å². The van der Waals surface area contributed by atoms with Crippen LogP contribution in [0.2, 0.25) is 0 Å². The van der Waals surface area contributed by atoms with Crippen LogP contribution in [-0.2, 0) is 13.6 Å². The quantitative estimate of drug-likeness (QED) is 0.554. The summed E-state index contributed by atoms with van der Waals surface area (Å²) in [5.41, 5.74) is 1.44. The van der Waals surface area contributed by atoms with Crippen molar-refractivity contribution >= 4 is 22.7 Å². The van der Waals surface area contributed by atoms with E-state index in [4.69, 9.17) is 11.3 Å². The third-order valence-corrected chi connectivity index (χ3v) is 6.37. The molecule has 1 fully saturated rings. The van der Waals surface area contributed by atoms with Crippen LogP contribution in [0.5, 0.6) is 5.75 Å². The van der Waals surface area contributed by atoms with Crippen LogP contribution in [0.25, 0.3) is 15.9 Å². The molecule has 0 spiro atoms. The number of halogens is 1. The van der Waals surface area contributed by atoms with E-state index in [1.807, 2.05) is 0 Å². The maximum absolute atomic E-state index is 14.6. The van der Waals surface area contributed by atoms with Gasteiger partial charge in [-0.05, 0) is 31.5 Å². The highest BCUT2D eigenvalue weighted by Crippen LogP contribution is 2.30. The fourth-order valence-corrected chi connectivity index (χ4v) is 4.45. The maximum Gasteiger partial charge on any atom is 0.350 e. The van der Waals surface area contributed by atoms with Gasteiger partial charge in [0.1, 0.15) is 11.6 Å². The lowest BCUT2D eigenvalue weighted by molar-refractivity contribution is 0.140. The predicted octanol–water partition coefficient (Wildman–Crippen LogP) is 3.52. The van der Waals surface area contributed by atoms with E-state index in [1.54, 1.807) is 31.3 Å². The molecule has 3 heterocycles. The van der Waals surface area contributed by atoms with E-state index in [2.05, 4.69) is 38.5 Å². The van der Waals surface area contributed by atoms with Crippen LogP contribution >= 0.6 is 0 Å². The second-order valence-electron chi connectivity index (χ2n) is 8.38. The number of methoxy groups -OCH3 is 1. The second-order valence-corrected chi connectivity index (χ2v) is 8.38. The molecule has 1 aliphatic heterocycles. The van der Waals surface area contributed by atoms with E-state index in [9.17, 15) is 9.18 Å². The Morgan fingerprint density at radius 3 is 2.70 bits per heavy atom. The Hall–Kier alpha value is -3.51. The first-order valence-corrected chi connectivity index (χ1v) is 10.9. The summed E-state index contributed by atoms with van der Waals surface area (Å²) in [5, 5.41) is 0. The van der Waals surface area contributed by atoms with Gasteiger partial charge < -0.3 is 14.5 Å². The van der Waals surface area contributed by atoms with Crippen molar-refractivity contribution in [1.29, 1.82) is 0 Å². The number of rotatable bonds is 5. The zero-order valence-corrected chi connectivity index (χ0v) is 19.2. The van der Waals surface area contributed by atoms with Crippen molar-refractivity contribution in [2.45, 2.75) is 38.9 Å². The van der Waals surface area contributed by atoms with Crippen molar-refractivity contribution in [3.8, 4) is 5.75 Å². The van der Waals surface area contributed by atoms with Crippen molar-refractivity contribution in [2.75, 3.05) is 25.1 Å². The molecule has 0 saturated carbocycles. The molecule has 0 amide bonds. The Morgan fingerprint density at radius 2 is 2.03 bits per heavy atom. The topological polar surface area (TPSA) is 67.9 Å². The largest absolute Gasteiger partial charge is 0.497 e. The lowest BCUT2D eigenvalue weighted by Crippen LogP contribution is -2.57. The Kier molecular flexibility index (Phi) is 6.29. The highest BCUT2D eigenvalue weighted by Gasteiger charge is 2.34. The molecule has 8 nitrogen and oxygen atoms in total. The Morgan fingerprint density at radius 1 is 1.24 bits per heavy atom. The summed E-state index contributed by atoms with van der Waals surface area (Å²) in [6.07, 6.45) is 0.852. The van der Waals surface area contributed by atoms with Gasteiger partial charge in [-0.25, -0.2) is 9.18 Å². The molecule has 172 valence electrons. The first-order valence-electron chi connectivity index (χ1n) is 10.9. The summed E-state index contributed by atoms with van der Waals surface area (Å²) < 4.78 is 21.2. The van der Waals surface area contributed by atoms with Crippen molar-refractivity contribution in [3.63, 3.8) is 0 Å². The van der Waals surface area contributed by atoms with Gasteiger partial charge in [-0.2, -0.15) is 4.98 Å². The summed E-state index contributed by atoms with van der Waals surface area (Å²) in [6, 6.07) is 8.44. The summed E-state index contributed by atoms with van der Waals surface area (Å²) >= 11 is 0. The second kappa shape index (κ2) is 9.16. The molecular formula is C24H27FN6O2. The van der Waals surface area contributed by atoms with E-state index in [0.29, 0.717) is 47.8 Å². The normalized spacial score (nSPS) is 19.0. The zero-order chi connectivity index (χ0) is 23.7. The van der Waals surface area contributed by atoms with Gasteiger partial charge in [0, 0.05) is 50.4 Å². The number of benzene rings is 1. The molecule has 0 N–H and O–H groups in total. The fraction of sp³-hybridized carbons (Fsp3) is 0.417. The molecule has 4 rings (SSSR count). The van der Waals surface area contributed by atoms with Gasteiger partial charge in [-0.1, -0.05) is 19.6 Å². The van der Waals surface area contributed by atoms with Crippen LogP contribution in [0, 0.1) is 12.4 Å². The number of aromatic nitrogens is 3. The number of nitrogens with zero attached hydrogens (tertiary/aromatic N) is 6. The highest BCUT2D eigenvalue weighted by atomic mass is 19.1. The molecule has 0 aliphatic carbocycles. The molecular weight excluding hydrogens is 423 g/mol. The number of aryl methyl sites for hydroxylation is 1. The monoisotopic (exact) mass is 450 g/mol. The molecule has 1 saturated heterocycles. The first-order chi connectivity index (χ1) is 15.9. The third kappa shape index (κ3) is 4.26. The molecule has 9 heteroatoms. The zero-order valence-electron chi connectivity index (χ0n) is 19.2. The molecule has 2 aromatic heterocycles. The summed E-state index contributed by atoms with van der Waals surface area (Å²) in [4.78, 5) is 29.2. The van der Waals surface area contributed by atoms with Crippen molar-refractivity contribution in [2.24, 2.45) is 7.05 Å². The fourth-order valence-electron chi connectivity index (χ4n) is 4.45. The Bertz CT molecular complexity index is 1280. The standard InChI is InChI=1S/C24H27FN6O2/c1-6-17-14-31(15(2)12-30(17)13-16-7-8-18(33-5)11-19(16)25)23-22-20(29(4)24(32)28-23)9-10-21(26-3)27-22/h7-11,15,17H,6,12-14H2,1-2,4-5H3/t15-,17+/m0/s1. The molecule has 1 aromatic carbocycles. The van der Waals surface area contributed by atoms with E-state index >= 15 is 0 Å². The van der Waals surface area contributed by atoms with Crippen LogP contribution in [0.1, 0.15) is 25.8 Å². The Balaban J connectivity index is 1.67. The molecule has 1 aliphatic rings. The minimum atomic E-state index is -0.363. The minimum Gasteiger partial charge on any atom is -0.497 e. The smallest absolute Gasteiger partial charge is 0.350 e. The van der Waals surface area contributed by atoms with Gasteiger partial charge in [0.2, 0.25) is 5.52 Å². The Labute approximate surface area is 192 Å². The SMILES string of the molecule is [C-]#[N+]c1ccc2c(n1)c(N1C[C@@H](CC)N(Cc3ccc(OC)cc3F)C[C@@H]1C)nc(=O)n2C. The lowest BCUT2D eigenvalue weighted by Gasteiger charge is -2.45. The van der Waals surface area contributed by atoms with Gasteiger partial charge >= 0.3 is 5.69 Å². The maximum atomic E-state index is 14.6. The molecule has 0 bridgehead atoms. The van der Waals surface area contributed by atoms with Gasteiger partial charge in [0.15, 0.2) is 5.82 Å². The average Bonchev–Trinajstić information content (AvgIpc) is 2.82.